The molecule has 0 unspecified atom stereocenters. The molecule has 0 fully saturated rings. The summed E-state index contributed by atoms with van der Waals surface area (Å²) in [6, 6.07) is 13.3. The first-order valence-corrected chi connectivity index (χ1v) is 9.87. The van der Waals surface area contributed by atoms with E-state index in [1.54, 1.807) is 12.1 Å². The summed E-state index contributed by atoms with van der Waals surface area (Å²) in [7, 11) is 4.11. The second-order valence-electron chi connectivity index (χ2n) is 7.22. The minimum absolute atomic E-state index is 0.480. The molecule has 0 amide bonds. The largest absolute Gasteiger partial charge is 0.369 e. The second kappa shape index (κ2) is 8.19. The Kier molecular flexibility index (Phi) is 5.47. The van der Waals surface area contributed by atoms with E-state index in [1.807, 2.05) is 30.3 Å². The zero-order chi connectivity index (χ0) is 20.4. The van der Waals surface area contributed by atoms with Gasteiger partial charge in [-0.1, -0.05) is 23.7 Å². The first kappa shape index (κ1) is 19.4. The number of hydrogen-bond acceptors (Lipinski definition) is 5. The Morgan fingerprint density at radius 3 is 2.76 bits per heavy atom. The highest BCUT2D eigenvalue weighted by Crippen LogP contribution is 2.31. The Labute approximate surface area is 173 Å². The van der Waals surface area contributed by atoms with Crippen LogP contribution in [-0.2, 0) is 0 Å². The van der Waals surface area contributed by atoms with Crippen molar-refractivity contribution in [2.75, 3.05) is 32.5 Å². The average molecular weight is 408 g/mol. The van der Waals surface area contributed by atoms with Crippen molar-refractivity contribution in [3.05, 3.63) is 53.1 Å². The summed E-state index contributed by atoms with van der Waals surface area (Å²) in [4.78, 5) is 26.8. The monoisotopic (exact) mass is 407 g/mol. The molecule has 0 aliphatic carbocycles. The summed E-state index contributed by atoms with van der Waals surface area (Å²) >= 11 is 6.12. The van der Waals surface area contributed by atoms with Gasteiger partial charge in [-0.3, -0.25) is 4.79 Å². The Morgan fingerprint density at radius 2 is 1.97 bits per heavy atom. The third-order valence-corrected chi connectivity index (χ3v) is 5.06. The predicted molar refractivity (Wildman–Crippen MR) is 119 cm³/mol. The molecule has 2 aromatic carbocycles. The maximum absolute atomic E-state index is 11.9. The van der Waals surface area contributed by atoms with Gasteiger partial charge in [-0.05, 0) is 57.4 Å². The van der Waals surface area contributed by atoms with Crippen LogP contribution in [0.1, 0.15) is 16.8 Å². The van der Waals surface area contributed by atoms with Crippen LogP contribution in [0, 0.1) is 0 Å². The van der Waals surface area contributed by atoms with Crippen LogP contribution in [0.25, 0.3) is 33.3 Å². The number of aromatic amines is 1. The van der Waals surface area contributed by atoms with Gasteiger partial charge >= 0.3 is 0 Å². The summed E-state index contributed by atoms with van der Waals surface area (Å²) in [6.45, 7) is 1.78. The van der Waals surface area contributed by atoms with Gasteiger partial charge in [0.25, 0.3) is 0 Å². The molecule has 0 saturated heterocycles. The summed E-state index contributed by atoms with van der Waals surface area (Å²) in [6.07, 6.45) is 1.82. The molecule has 0 bridgehead atoms. The van der Waals surface area contributed by atoms with Crippen molar-refractivity contribution in [1.82, 2.24) is 19.9 Å². The lowest BCUT2D eigenvalue weighted by Gasteiger charge is -2.12. The van der Waals surface area contributed by atoms with Gasteiger partial charge in [-0.2, -0.15) is 0 Å². The van der Waals surface area contributed by atoms with Gasteiger partial charge in [0, 0.05) is 27.9 Å². The van der Waals surface area contributed by atoms with Crippen molar-refractivity contribution in [1.29, 1.82) is 0 Å². The van der Waals surface area contributed by atoms with Gasteiger partial charge < -0.3 is 15.2 Å². The lowest BCUT2D eigenvalue weighted by Crippen LogP contribution is -2.17. The maximum Gasteiger partial charge on any atom is 0.179 e. The zero-order valence-electron chi connectivity index (χ0n) is 16.4. The molecule has 0 radical (unpaired) electrons. The molecule has 2 heterocycles. The van der Waals surface area contributed by atoms with Crippen molar-refractivity contribution in [3.63, 3.8) is 0 Å². The summed E-state index contributed by atoms with van der Waals surface area (Å²) in [5.41, 5.74) is 2.75. The lowest BCUT2D eigenvalue weighted by atomic mass is 10.1. The maximum atomic E-state index is 11.9. The number of carbonyl (C=O) groups excluding carboxylic acids is 1. The lowest BCUT2D eigenvalue weighted by molar-refractivity contribution is 0.112. The molecule has 0 spiro atoms. The number of halogens is 1. The van der Waals surface area contributed by atoms with E-state index in [1.165, 1.54) is 0 Å². The highest BCUT2D eigenvalue weighted by atomic mass is 35.5. The quantitative estimate of drug-likeness (QED) is 0.345. The number of fused-ring (bicyclic) bond motifs is 2. The molecule has 148 valence electrons. The molecule has 0 aliphatic rings. The van der Waals surface area contributed by atoms with Gasteiger partial charge in [-0.25, -0.2) is 9.97 Å². The molecule has 2 N–H and O–H groups in total. The minimum Gasteiger partial charge on any atom is -0.369 e. The summed E-state index contributed by atoms with van der Waals surface area (Å²) < 4.78 is 0. The van der Waals surface area contributed by atoms with Crippen LogP contribution in [0.2, 0.25) is 5.02 Å². The van der Waals surface area contributed by atoms with Gasteiger partial charge in [-0.15, -0.1) is 0 Å². The fraction of sp³-hybridized carbons (Fsp3) is 0.227. The smallest absolute Gasteiger partial charge is 0.179 e. The topological polar surface area (TPSA) is 73.9 Å². The molecule has 0 aliphatic heterocycles. The van der Waals surface area contributed by atoms with Gasteiger partial charge in [0.2, 0.25) is 0 Å². The minimum atomic E-state index is 0.480. The third kappa shape index (κ3) is 3.95. The van der Waals surface area contributed by atoms with Crippen molar-refractivity contribution < 1.29 is 4.79 Å². The Bertz CT molecular complexity index is 1180. The third-order valence-electron chi connectivity index (χ3n) is 4.82. The molecule has 29 heavy (non-hydrogen) atoms. The van der Waals surface area contributed by atoms with Crippen LogP contribution in [0.4, 0.5) is 5.82 Å². The first-order chi connectivity index (χ1) is 14.1. The first-order valence-electron chi connectivity index (χ1n) is 9.49. The van der Waals surface area contributed by atoms with Crippen molar-refractivity contribution in [2.45, 2.75) is 6.42 Å². The van der Waals surface area contributed by atoms with E-state index in [2.05, 4.69) is 29.3 Å². The molecule has 6 nitrogen and oxygen atoms in total. The summed E-state index contributed by atoms with van der Waals surface area (Å²) in [5, 5.41) is 5.73. The van der Waals surface area contributed by atoms with Crippen LogP contribution < -0.4 is 5.32 Å². The number of aromatic nitrogens is 3. The Balaban J connectivity index is 1.80. The van der Waals surface area contributed by atoms with Crippen molar-refractivity contribution >= 4 is 45.5 Å². The molecular weight excluding hydrogens is 386 g/mol. The number of para-hydroxylation sites is 1. The van der Waals surface area contributed by atoms with Gasteiger partial charge in [0.05, 0.1) is 16.8 Å². The molecule has 2 aromatic heterocycles. The number of benzene rings is 2. The zero-order valence-corrected chi connectivity index (χ0v) is 17.1. The van der Waals surface area contributed by atoms with Crippen LogP contribution >= 0.6 is 11.6 Å². The van der Waals surface area contributed by atoms with Gasteiger partial charge in [0.15, 0.2) is 12.1 Å². The average Bonchev–Trinajstić information content (AvgIpc) is 3.08. The number of nitrogens with zero attached hydrogens (tertiary/aromatic N) is 3. The number of anilines is 1. The number of rotatable bonds is 7. The highest BCUT2D eigenvalue weighted by Gasteiger charge is 2.17. The number of H-pyrrole nitrogens is 1. The number of nitrogens with one attached hydrogen (secondary N) is 2. The fourth-order valence-corrected chi connectivity index (χ4v) is 3.58. The molecular formula is C22H22ClN5O. The van der Waals surface area contributed by atoms with E-state index >= 15 is 0 Å². The van der Waals surface area contributed by atoms with Crippen molar-refractivity contribution in [2.24, 2.45) is 0 Å². The molecule has 4 aromatic rings. The van der Waals surface area contributed by atoms with Crippen LogP contribution in [0.5, 0.6) is 0 Å². The number of aldehydes is 1. The Morgan fingerprint density at radius 1 is 1.14 bits per heavy atom. The van der Waals surface area contributed by atoms with Crippen LogP contribution in [0.15, 0.2) is 42.5 Å². The number of hydrogen-bond donors (Lipinski definition) is 2. The number of carbonyl (C=O) groups is 1. The Hall–Kier alpha value is -2.96. The molecule has 7 heteroatoms. The van der Waals surface area contributed by atoms with E-state index in [4.69, 9.17) is 21.6 Å². The van der Waals surface area contributed by atoms with E-state index < -0.39 is 0 Å². The standard InChI is InChI=1S/C22H22ClN5O/c1-28(2)11-5-10-24-21-15-6-3-4-7-18(15)26-22(27-21)20-17(13-29)16-12-14(23)8-9-19(16)25-20/h3-4,6-9,12-13,25H,5,10-11H2,1-2H3,(H,24,26,27). The van der Waals surface area contributed by atoms with E-state index in [0.29, 0.717) is 22.1 Å². The second-order valence-corrected chi connectivity index (χ2v) is 7.65. The summed E-state index contributed by atoms with van der Waals surface area (Å²) in [5.74, 6) is 1.24. The normalized spacial score (nSPS) is 11.4. The van der Waals surface area contributed by atoms with Crippen LogP contribution in [-0.4, -0.2) is 53.3 Å². The van der Waals surface area contributed by atoms with E-state index in [-0.39, 0.29) is 0 Å². The van der Waals surface area contributed by atoms with Gasteiger partial charge in [0.1, 0.15) is 5.82 Å². The van der Waals surface area contributed by atoms with E-state index in [9.17, 15) is 4.79 Å². The van der Waals surface area contributed by atoms with E-state index in [0.717, 1.165) is 53.4 Å². The molecule has 0 saturated carbocycles. The molecule has 4 rings (SSSR count). The SMILES string of the molecule is CN(C)CCCNc1nc(-c2[nH]c3ccc(Cl)cc3c2C=O)nc2ccccc12. The fourth-order valence-electron chi connectivity index (χ4n) is 3.41. The van der Waals surface area contributed by atoms with Crippen LogP contribution in [0.3, 0.4) is 0 Å². The molecule has 0 atom stereocenters. The predicted octanol–water partition coefficient (Wildman–Crippen LogP) is 4.61. The van der Waals surface area contributed by atoms with Crippen molar-refractivity contribution in [3.8, 4) is 11.5 Å². The highest BCUT2D eigenvalue weighted by molar-refractivity contribution is 6.31.